The van der Waals surface area contributed by atoms with Gasteiger partial charge in [0.15, 0.2) is 0 Å². The Hall–Kier alpha value is -1.33. The SMILES string of the molecule is Clc1ccc(OCCCSC(Cn2ccnc2)c2ccc(Cl)cc2Cl)cc1. The van der Waals surface area contributed by atoms with Crippen LogP contribution in [0.2, 0.25) is 15.1 Å². The van der Waals surface area contributed by atoms with Gasteiger partial charge in [0, 0.05) is 39.3 Å². The topological polar surface area (TPSA) is 27.1 Å². The Morgan fingerprint density at radius 2 is 1.81 bits per heavy atom. The zero-order chi connectivity index (χ0) is 19.1. The summed E-state index contributed by atoms with van der Waals surface area (Å²) < 4.78 is 7.83. The Kier molecular flexibility index (Phi) is 7.77. The van der Waals surface area contributed by atoms with E-state index in [1.807, 2.05) is 60.7 Å². The fourth-order valence-corrected chi connectivity index (χ4v) is 4.56. The Labute approximate surface area is 178 Å². The van der Waals surface area contributed by atoms with Crippen molar-refractivity contribution in [2.24, 2.45) is 0 Å². The lowest BCUT2D eigenvalue weighted by molar-refractivity contribution is 0.318. The average molecular weight is 442 g/mol. The monoisotopic (exact) mass is 440 g/mol. The molecule has 0 fully saturated rings. The van der Waals surface area contributed by atoms with Crippen molar-refractivity contribution in [1.29, 1.82) is 0 Å². The van der Waals surface area contributed by atoms with Crippen LogP contribution in [-0.2, 0) is 6.54 Å². The van der Waals surface area contributed by atoms with Crippen LogP contribution in [-0.4, -0.2) is 21.9 Å². The minimum atomic E-state index is 0.208. The predicted octanol–water partition coefficient (Wildman–Crippen LogP) is 6.79. The molecule has 1 aromatic heterocycles. The molecule has 7 heteroatoms. The van der Waals surface area contributed by atoms with Crippen molar-refractivity contribution < 1.29 is 4.74 Å². The molecule has 142 valence electrons. The van der Waals surface area contributed by atoms with Gasteiger partial charge in [0.1, 0.15) is 5.75 Å². The molecule has 2 aromatic carbocycles. The number of ether oxygens (including phenoxy) is 1. The van der Waals surface area contributed by atoms with Gasteiger partial charge >= 0.3 is 0 Å². The number of rotatable bonds is 9. The third-order valence-electron chi connectivity index (χ3n) is 3.94. The van der Waals surface area contributed by atoms with E-state index in [1.165, 1.54) is 0 Å². The second-order valence-electron chi connectivity index (χ2n) is 5.94. The van der Waals surface area contributed by atoms with Crippen LogP contribution in [0.25, 0.3) is 0 Å². The molecule has 3 aromatic rings. The van der Waals surface area contributed by atoms with Gasteiger partial charge in [-0.2, -0.15) is 11.8 Å². The van der Waals surface area contributed by atoms with Crippen LogP contribution >= 0.6 is 46.6 Å². The van der Waals surface area contributed by atoms with Gasteiger partial charge in [0.25, 0.3) is 0 Å². The molecule has 0 spiro atoms. The summed E-state index contributed by atoms with van der Waals surface area (Å²) in [5.41, 5.74) is 1.08. The summed E-state index contributed by atoms with van der Waals surface area (Å²) in [5, 5.41) is 2.25. The highest BCUT2D eigenvalue weighted by Gasteiger charge is 2.16. The maximum Gasteiger partial charge on any atom is 0.119 e. The first-order valence-electron chi connectivity index (χ1n) is 8.52. The number of hydrogen-bond acceptors (Lipinski definition) is 3. The van der Waals surface area contributed by atoms with E-state index < -0.39 is 0 Å². The molecule has 3 nitrogen and oxygen atoms in total. The molecule has 0 aliphatic heterocycles. The second kappa shape index (κ2) is 10.3. The number of thioether (sulfide) groups is 1. The maximum atomic E-state index is 6.44. The zero-order valence-electron chi connectivity index (χ0n) is 14.5. The second-order valence-corrected chi connectivity index (χ2v) is 8.53. The van der Waals surface area contributed by atoms with E-state index in [0.29, 0.717) is 21.7 Å². The molecule has 1 atom stereocenters. The third-order valence-corrected chi connectivity index (χ3v) is 6.08. The largest absolute Gasteiger partial charge is 0.494 e. The van der Waals surface area contributed by atoms with Crippen molar-refractivity contribution in [2.75, 3.05) is 12.4 Å². The Morgan fingerprint density at radius 1 is 1.04 bits per heavy atom. The van der Waals surface area contributed by atoms with Crippen molar-refractivity contribution in [2.45, 2.75) is 18.2 Å². The van der Waals surface area contributed by atoms with E-state index in [-0.39, 0.29) is 5.25 Å². The van der Waals surface area contributed by atoms with Crippen LogP contribution in [0.5, 0.6) is 5.75 Å². The van der Waals surface area contributed by atoms with E-state index in [4.69, 9.17) is 39.5 Å². The molecule has 0 radical (unpaired) electrons. The van der Waals surface area contributed by atoms with Crippen LogP contribution in [0.4, 0.5) is 0 Å². The summed E-state index contributed by atoms with van der Waals surface area (Å²) in [4.78, 5) is 4.13. The molecule has 0 aliphatic carbocycles. The van der Waals surface area contributed by atoms with Crippen molar-refractivity contribution in [1.82, 2.24) is 9.55 Å². The molecule has 1 unspecified atom stereocenters. The molecule has 0 bridgehead atoms. The van der Waals surface area contributed by atoms with Crippen LogP contribution < -0.4 is 4.74 Å². The van der Waals surface area contributed by atoms with Gasteiger partial charge in [-0.1, -0.05) is 40.9 Å². The van der Waals surface area contributed by atoms with E-state index in [0.717, 1.165) is 30.0 Å². The number of benzene rings is 2. The van der Waals surface area contributed by atoms with Gasteiger partial charge in [-0.3, -0.25) is 0 Å². The lowest BCUT2D eigenvalue weighted by atomic mass is 10.1. The summed E-state index contributed by atoms with van der Waals surface area (Å²) in [6.45, 7) is 1.45. The summed E-state index contributed by atoms with van der Waals surface area (Å²) >= 11 is 20.2. The first-order chi connectivity index (χ1) is 13.1. The summed E-state index contributed by atoms with van der Waals surface area (Å²) in [6.07, 6.45) is 6.49. The number of halogens is 3. The molecular weight excluding hydrogens is 423 g/mol. The Bertz CT molecular complexity index is 841. The highest BCUT2D eigenvalue weighted by atomic mass is 35.5. The number of imidazole rings is 1. The molecular formula is C20H19Cl3N2OS. The van der Waals surface area contributed by atoms with E-state index in [2.05, 4.69) is 9.55 Å². The standard InChI is InChI=1S/C20H19Cl3N2OS/c21-15-2-5-17(6-3-15)26-10-1-11-27-20(13-25-9-8-24-14-25)18-7-4-16(22)12-19(18)23/h2-9,12,14,20H,1,10-11,13H2. The maximum absolute atomic E-state index is 6.44. The fourth-order valence-electron chi connectivity index (χ4n) is 2.60. The van der Waals surface area contributed by atoms with E-state index in [1.54, 1.807) is 12.3 Å². The molecule has 0 aliphatic rings. The van der Waals surface area contributed by atoms with Gasteiger partial charge in [-0.15, -0.1) is 0 Å². The lowest BCUT2D eigenvalue weighted by Crippen LogP contribution is -2.07. The molecule has 3 rings (SSSR count). The number of nitrogens with zero attached hydrogens (tertiary/aromatic N) is 2. The Morgan fingerprint density at radius 3 is 2.52 bits per heavy atom. The van der Waals surface area contributed by atoms with Crippen LogP contribution in [0, 0.1) is 0 Å². The normalized spacial score (nSPS) is 12.1. The van der Waals surface area contributed by atoms with Gasteiger partial charge in [-0.05, 0) is 54.1 Å². The molecule has 0 saturated heterocycles. The van der Waals surface area contributed by atoms with Crippen molar-refractivity contribution >= 4 is 46.6 Å². The van der Waals surface area contributed by atoms with Gasteiger partial charge in [0.2, 0.25) is 0 Å². The quantitative estimate of drug-likeness (QED) is 0.342. The smallest absolute Gasteiger partial charge is 0.119 e. The summed E-state index contributed by atoms with van der Waals surface area (Å²) in [5.74, 6) is 1.78. The molecule has 0 amide bonds. The minimum absolute atomic E-state index is 0.208. The molecule has 1 heterocycles. The molecule has 0 saturated carbocycles. The fraction of sp³-hybridized carbons (Fsp3) is 0.250. The first-order valence-corrected chi connectivity index (χ1v) is 10.7. The van der Waals surface area contributed by atoms with Gasteiger partial charge < -0.3 is 9.30 Å². The third kappa shape index (κ3) is 6.35. The minimum Gasteiger partial charge on any atom is -0.494 e. The van der Waals surface area contributed by atoms with Crippen molar-refractivity contribution in [3.63, 3.8) is 0 Å². The zero-order valence-corrected chi connectivity index (χ0v) is 17.6. The van der Waals surface area contributed by atoms with Crippen LogP contribution in [0.15, 0.2) is 61.2 Å². The average Bonchev–Trinajstić information content (AvgIpc) is 3.15. The molecule has 27 heavy (non-hydrogen) atoms. The number of aromatic nitrogens is 2. The van der Waals surface area contributed by atoms with Gasteiger partial charge in [0.05, 0.1) is 12.9 Å². The van der Waals surface area contributed by atoms with E-state index >= 15 is 0 Å². The van der Waals surface area contributed by atoms with Crippen LogP contribution in [0.3, 0.4) is 0 Å². The molecule has 0 N–H and O–H groups in total. The highest BCUT2D eigenvalue weighted by molar-refractivity contribution is 7.99. The summed E-state index contributed by atoms with van der Waals surface area (Å²) in [6, 6.07) is 13.1. The van der Waals surface area contributed by atoms with Crippen molar-refractivity contribution in [3.05, 3.63) is 81.8 Å². The van der Waals surface area contributed by atoms with E-state index in [9.17, 15) is 0 Å². The lowest BCUT2D eigenvalue weighted by Gasteiger charge is -2.19. The van der Waals surface area contributed by atoms with Crippen molar-refractivity contribution in [3.8, 4) is 5.75 Å². The first kappa shape index (κ1) is 20.4. The predicted molar refractivity (Wildman–Crippen MR) is 115 cm³/mol. The highest BCUT2D eigenvalue weighted by Crippen LogP contribution is 2.36. The Balaban J connectivity index is 1.55. The number of hydrogen-bond donors (Lipinski definition) is 0. The summed E-state index contributed by atoms with van der Waals surface area (Å²) in [7, 11) is 0. The van der Waals surface area contributed by atoms with Crippen LogP contribution in [0.1, 0.15) is 17.2 Å². The van der Waals surface area contributed by atoms with Gasteiger partial charge in [-0.25, -0.2) is 4.98 Å².